The largest absolute Gasteiger partial charge is 0.342 e. The molecule has 1 fully saturated rings. The Morgan fingerprint density at radius 2 is 1.71 bits per heavy atom. The van der Waals surface area contributed by atoms with Crippen molar-refractivity contribution in [2.75, 3.05) is 6.54 Å². The third-order valence-electron chi connectivity index (χ3n) is 4.10. The maximum Gasteiger partial charge on any atom is 0.246 e. The van der Waals surface area contributed by atoms with Gasteiger partial charge < -0.3 is 10.2 Å². The van der Waals surface area contributed by atoms with E-state index in [9.17, 15) is 9.59 Å². The number of piperazine rings is 1. The van der Waals surface area contributed by atoms with Crippen molar-refractivity contribution < 1.29 is 9.59 Å². The molecule has 1 rings (SSSR count). The second-order valence-electron chi connectivity index (χ2n) is 8.06. The van der Waals surface area contributed by atoms with Gasteiger partial charge in [-0.25, -0.2) is 0 Å². The molecular formula is C17H32N2O2. The van der Waals surface area contributed by atoms with Crippen LogP contribution >= 0.6 is 0 Å². The Hall–Kier alpha value is -1.06. The minimum atomic E-state index is -0.418. The van der Waals surface area contributed by atoms with Crippen LogP contribution in [0.3, 0.4) is 0 Å². The molecule has 0 saturated carbocycles. The molecule has 21 heavy (non-hydrogen) atoms. The number of carbonyl (C=O) groups excluding carboxylic acids is 2. The van der Waals surface area contributed by atoms with E-state index in [0.29, 0.717) is 12.5 Å². The van der Waals surface area contributed by atoms with E-state index in [-0.39, 0.29) is 29.2 Å². The van der Waals surface area contributed by atoms with E-state index < -0.39 is 6.04 Å². The molecule has 0 aromatic rings. The third kappa shape index (κ3) is 4.45. The second-order valence-corrected chi connectivity index (χ2v) is 8.06. The van der Waals surface area contributed by atoms with Crippen LogP contribution in [0.15, 0.2) is 0 Å². The molecule has 2 atom stereocenters. The lowest BCUT2D eigenvalue weighted by Gasteiger charge is -2.44. The summed E-state index contributed by atoms with van der Waals surface area (Å²) in [5.41, 5.74) is -0.259. The molecule has 1 N–H and O–H groups in total. The van der Waals surface area contributed by atoms with Gasteiger partial charge in [0.15, 0.2) is 0 Å². The minimum Gasteiger partial charge on any atom is -0.342 e. The predicted molar refractivity (Wildman–Crippen MR) is 85.8 cm³/mol. The molecule has 1 aliphatic rings. The first-order valence-corrected chi connectivity index (χ1v) is 8.16. The van der Waals surface area contributed by atoms with E-state index in [1.807, 2.05) is 39.5 Å². The number of nitrogens with zero attached hydrogens (tertiary/aromatic N) is 1. The van der Waals surface area contributed by atoms with E-state index in [1.54, 1.807) is 0 Å². The highest BCUT2D eigenvalue weighted by atomic mass is 16.2. The molecule has 0 bridgehead atoms. The van der Waals surface area contributed by atoms with Gasteiger partial charge in [-0.3, -0.25) is 9.59 Å². The van der Waals surface area contributed by atoms with Crippen LogP contribution in [-0.4, -0.2) is 35.3 Å². The fraction of sp³-hybridized carbons (Fsp3) is 0.882. The molecule has 2 amide bonds. The summed E-state index contributed by atoms with van der Waals surface area (Å²) in [5.74, 6) is 0.821. The Morgan fingerprint density at radius 1 is 1.14 bits per heavy atom. The summed E-state index contributed by atoms with van der Waals surface area (Å²) in [4.78, 5) is 27.1. The monoisotopic (exact) mass is 296 g/mol. The molecule has 1 aliphatic heterocycles. The molecule has 4 heteroatoms. The smallest absolute Gasteiger partial charge is 0.246 e. The fourth-order valence-electron chi connectivity index (χ4n) is 2.90. The first kappa shape index (κ1) is 18.0. The summed E-state index contributed by atoms with van der Waals surface area (Å²) in [6.45, 7) is 15.0. The van der Waals surface area contributed by atoms with E-state index >= 15 is 0 Å². The van der Waals surface area contributed by atoms with Crippen LogP contribution in [-0.2, 0) is 9.59 Å². The number of rotatable bonds is 5. The molecule has 2 unspecified atom stereocenters. The van der Waals surface area contributed by atoms with Crippen LogP contribution < -0.4 is 5.32 Å². The molecule has 4 nitrogen and oxygen atoms in total. The number of hydrogen-bond donors (Lipinski definition) is 1. The van der Waals surface area contributed by atoms with Crippen LogP contribution in [0.2, 0.25) is 0 Å². The Labute approximate surface area is 129 Å². The summed E-state index contributed by atoms with van der Waals surface area (Å²) < 4.78 is 0. The van der Waals surface area contributed by atoms with Gasteiger partial charge in [0.05, 0.1) is 0 Å². The van der Waals surface area contributed by atoms with Crippen molar-refractivity contribution in [2.24, 2.45) is 17.3 Å². The highest BCUT2D eigenvalue weighted by Crippen LogP contribution is 2.27. The number of nitrogens with one attached hydrogen (secondary N) is 1. The van der Waals surface area contributed by atoms with Gasteiger partial charge >= 0.3 is 0 Å². The van der Waals surface area contributed by atoms with Crippen molar-refractivity contribution in [1.82, 2.24) is 10.2 Å². The Balaban J connectivity index is 2.93. The van der Waals surface area contributed by atoms with Crippen LogP contribution in [0, 0.1) is 17.3 Å². The summed E-state index contributed by atoms with van der Waals surface area (Å²) in [6, 6.07) is -0.748. The van der Waals surface area contributed by atoms with Crippen molar-refractivity contribution in [1.29, 1.82) is 0 Å². The molecule has 1 saturated heterocycles. The van der Waals surface area contributed by atoms with Crippen molar-refractivity contribution in [3.63, 3.8) is 0 Å². The zero-order chi connectivity index (χ0) is 16.4. The van der Waals surface area contributed by atoms with E-state index in [0.717, 1.165) is 12.8 Å². The van der Waals surface area contributed by atoms with Crippen molar-refractivity contribution in [3.8, 4) is 0 Å². The van der Waals surface area contributed by atoms with Crippen molar-refractivity contribution in [3.05, 3.63) is 0 Å². The fourth-order valence-corrected chi connectivity index (χ4v) is 2.90. The average Bonchev–Trinajstić information content (AvgIpc) is 2.30. The summed E-state index contributed by atoms with van der Waals surface area (Å²) in [7, 11) is 0. The quantitative estimate of drug-likeness (QED) is 0.848. The predicted octanol–water partition coefficient (Wildman–Crippen LogP) is 2.82. The lowest BCUT2D eigenvalue weighted by atomic mass is 9.82. The molecule has 0 radical (unpaired) electrons. The average molecular weight is 296 g/mol. The third-order valence-corrected chi connectivity index (χ3v) is 4.10. The number of hydrogen-bond acceptors (Lipinski definition) is 2. The number of amides is 2. The molecule has 0 aromatic carbocycles. The highest BCUT2D eigenvalue weighted by Gasteiger charge is 2.45. The maximum absolute atomic E-state index is 12.8. The topological polar surface area (TPSA) is 49.4 Å². The van der Waals surface area contributed by atoms with Gasteiger partial charge in [-0.2, -0.15) is 0 Å². The molecule has 122 valence electrons. The Morgan fingerprint density at radius 3 is 2.14 bits per heavy atom. The molecular weight excluding hydrogens is 264 g/mol. The molecule has 0 spiro atoms. The minimum absolute atomic E-state index is 0.00549. The molecule has 0 aromatic heterocycles. The zero-order valence-electron chi connectivity index (χ0n) is 14.7. The SMILES string of the molecule is CC(C)CCCN1C(=O)C(C(C)(C)C)NC(=O)C1C(C)C. The highest BCUT2D eigenvalue weighted by molar-refractivity contribution is 5.97. The van der Waals surface area contributed by atoms with E-state index in [4.69, 9.17) is 0 Å². The zero-order valence-corrected chi connectivity index (χ0v) is 14.7. The van der Waals surface area contributed by atoms with E-state index in [1.165, 1.54) is 0 Å². The van der Waals surface area contributed by atoms with Gasteiger partial charge in [-0.1, -0.05) is 48.5 Å². The van der Waals surface area contributed by atoms with Gasteiger partial charge in [-0.15, -0.1) is 0 Å². The first-order valence-electron chi connectivity index (χ1n) is 8.16. The number of carbonyl (C=O) groups is 2. The van der Waals surface area contributed by atoms with E-state index in [2.05, 4.69) is 19.2 Å². The van der Waals surface area contributed by atoms with Crippen LogP contribution in [0.4, 0.5) is 0 Å². The maximum atomic E-state index is 12.8. The Kier molecular flexibility index (Phi) is 5.83. The lowest BCUT2D eigenvalue weighted by Crippen LogP contribution is -2.67. The summed E-state index contributed by atoms with van der Waals surface area (Å²) in [5, 5.41) is 2.94. The molecule has 1 heterocycles. The van der Waals surface area contributed by atoms with Gasteiger partial charge in [0, 0.05) is 6.54 Å². The van der Waals surface area contributed by atoms with Crippen LogP contribution in [0.25, 0.3) is 0 Å². The molecule has 0 aliphatic carbocycles. The van der Waals surface area contributed by atoms with Gasteiger partial charge in [0.1, 0.15) is 12.1 Å². The lowest BCUT2D eigenvalue weighted by molar-refractivity contribution is -0.154. The summed E-state index contributed by atoms with van der Waals surface area (Å²) >= 11 is 0. The second kappa shape index (κ2) is 6.80. The normalized spacial score (nSPS) is 24.0. The van der Waals surface area contributed by atoms with Crippen LogP contribution in [0.5, 0.6) is 0 Å². The van der Waals surface area contributed by atoms with Gasteiger partial charge in [0.25, 0.3) is 0 Å². The van der Waals surface area contributed by atoms with Crippen molar-refractivity contribution in [2.45, 2.75) is 73.4 Å². The van der Waals surface area contributed by atoms with Crippen LogP contribution in [0.1, 0.15) is 61.3 Å². The first-order chi connectivity index (χ1) is 9.55. The standard InChI is InChI=1S/C17H32N2O2/c1-11(2)9-8-10-19-13(12(3)4)15(20)18-14(16(19)21)17(5,6)7/h11-14H,8-10H2,1-7H3,(H,18,20). The van der Waals surface area contributed by atoms with Crippen molar-refractivity contribution >= 4 is 11.8 Å². The Bertz CT molecular complexity index is 383. The summed E-state index contributed by atoms with van der Waals surface area (Å²) in [6.07, 6.45) is 2.03. The van der Waals surface area contributed by atoms with Gasteiger partial charge in [-0.05, 0) is 30.1 Å². The van der Waals surface area contributed by atoms with Gasteiger partial charge in [0.2, 0.25) is 11.8 Å².